The number of alkyl halides is 3. The second-order valence-corrected chi connectivity index (χ2v) is 3.71. The standard InChI is InChI=1S/C8H10F3NS/c1-6(7-3-2-4-13-7)12-5-8(9,10)11/h2-4,6,12H,5H2,1H3. The Morgan fingerprint density at radius 2 is 2.23 bits per heavy atom. The van der Waals surface area contributed by atoms with Crippen molar-refractivity contribution in [2.45, 2.75) is 19.1 Å². The highest BCUT2D eigenvalue weighted by Crippen LogP contribution is 2.20. The lowest BCUT2D eigenvalue weighted by Crippen LogP contribution is -2.30. The first-order valence-electron chi connectivity index (χ1n) is 3.82. The van der Waals surface area contributed by atoms with E-state index in [9.17, 15) is 13.2 Å². The van der Waals surface area contributed by atoms with Gasteiger partial charge in [0.05, 0.1) is 6.54 Å². The molecular formula is C8H10F3NS. The van der Waals surface area contributed by atoms with Crippen LogP contribution in [0.25, 0.3) is 0 Å². The maximum absolute atomic E-state index is 11.8. The van der Waals surface area contributed by atoms with Crippen molar-refractivity contribution in [3.63, 3.8) is 0 Å². The smallest absolute Gasteiger partial charge is 0.301 e. The Hall–Kier alpha value is -0.550. The molecule has 0 aliphatic rings. The van der Waals surface area contributed by atoms with Crippen LogP contribution in [0.3, 0.4) is 0 Å². The molecule has 0 saturated carbocycles. The Balaban J connectivity index is 2.39. The Morgan fingerprint density at radius 3 is 2.69 bits per heavy atom. The molecule has 1 heterocycles. The molecule has 1 aromatic heterocycles. The van der Waals surface area contributed by atoms with Gasteiger partial charge in [-0.2, -0.15) is 13.2 Å². The van der Waals surface area contributed by atoms with E-state index in [-0.39, 0.29) is 6.04 Å². The molecule has 1 N–H and O–H groups in total. The van der Waals surface area contributed by atoms with Crippen molar-refractivity contribution in [2.24, 2.45) is 0 Å². The Labute approximate surface area is 78.6 Å². The summed E-state index contributed by atoms with van der Waals surface area (Å²) in [5.41, 5.74) is 0. The lowest BCUT2D eigenvalue weighted by Gasteiger charge is -2.13. The molecule has 0 aliphatic carbocycles. The number of rotatable bonds is 3. The summed E-state index contributed by atoms with van der Waals surface area (Å²) in [5.74, 6) is 0. The summed E-state index contributed by atoms with van der Waals surface area (Å²) in [7, 11) is 0. The van der Waals surface area contributed by atoms with Gasteiger partial charge < -0.3 is 5.32 Å². The van der Waals surface area contributed by atoms with E-state index < -0.39 is 12.7 Å². The molecule has 0 aliphatic heterocycles. The third-order valence-corrected chi connectivity index (χ3v) is 2.63. The molecule has 0 aromatic carbocycles. The van der Waals surface area contributed by atoms with E-state index in [1.807, 2.05) is 17.5 Å². The molecule has 1 nitrogen and oxygen atoms in total. The average Bonchev–Trinajstić information content (AvgIpc) is 2.50. The van der Waals surface area contributed by atoms with Crippen molar-refractivity contribution in [2.75, 3.05) is 6.54 Å². The first kappa shape index (κ1) is 10.5. The van der Waals surface area contributed by atoms with Gasteiger partial charge in [-0.1, -0.05) is 6.07 Å². The van der Waals surface area contributed by atoms with E-state index in [1.165, 1.54) is 11.3 Å². The zero-order valence-electron chi connectivity index (χ0n) is 7.06. The number of thiophene rings is 1. The van der Waals surface area contributed by atoms with Gasteiger partial charge in [0.1, 0.15) is 0 Å². The minimum Gasteiger partial charge on any atom is -0.301 e. The maximum atomic E-state index is 11.8. The molecule has 0 radical (unpaired) electrons. The zero-order chi connectivity index (χ0) is 9.90. The van der Waals surface area contributed by atoms with Gasteiger partial charge in [0, 0.05) is 10.9 Å². The van der Waals surface area contributed by atoms with Gasteiger partial charge in [-0.05, 0) is 18.4 Å². The van der Waals surface area contributed by atoms with Gasteiger partial charge in [-0.3, -0.25) is 0 Å². The summed E-state index contributed by atoms with van der Waals surface area (Å²) >= 11 is 1.45. The molecule has 5 heteroatoms. The molecule has 1 atom stereocenters. The molecule has 1 aromatic rings. The van der Waals surface area contributed by atoms with Gasteiger partial charge in [0.15, 0.2) is 0 Å². The maximum Gasteiger partial charge on any atom is 0.401 e. The molecule has 0 amide bonds. The van der Waals surface area contributed by atoms with Gasteiger partial charge in [0.2, 0.25) is 0 Å². The van der Waals surface area contributed by atoms with E-state index in [1.54, 1.807) is 6.92 Å². The fraction of sp³-hybridized carbons (Fsp3) is 0.500. The summed E-state index contributed by atoms with van der Waals surface area (Å²) in [6.07, 6.45) is -4.13. The largest absolute Gasteiger partial charge is 0.401 e. The van der Waals surface area contributed by atoms with Crippen LogP contribution >= 0.6 is 11.3 Å². The van der Waals surface area contributed by atoms with Crippen molar-refractivity contribution in [3.05, 3.63) is 22.4 Å². The molecule has 13 heavy (non-hydrogen) atoms. The Morgan fingerprint density at radius 1 is 1.54 bits per heavy atom. The topological polar surface area (TPSA) is 12.0 Å². The van der Waals surface area contributed by atoms with Gasteiger partial charge in [-0.25, -0.2) is 0 Å². The third kappa shape index (κ3) is 3.78. The Bertz CT molecular complexity index is 242. The lowest BCUT2D eigenvalue weighted by molar-refractivity contribution is -0.126. The number of hydrogen-bond acceptors (Lipinski definition) is 2. The molecule has 0 saturated heterocycles. The van der Waals surface area contributed by atoms with E-state index >= 15 is 0 Å². The minimum absolute atomic E-state index is 0.235. The summed E-state index contributed by atoms with van der Waals surface area (Å²) in [4.78, 5) is 0.921. The monoisotopic (exact) mass is 209 g/mol. The average molecular weight is 209 g/mol. The van der Waals surface area contributed by atoms with Crippen LogP contribution in [0.15, 0.2) is 17.5 Å². The zero-order valence-corrected chi connectivity index (χ0v) is 7.88. The van der Waals surface area contributed by atoms with Gasteiger partial charge >= 0.3 is 6.18 Å². The molecule has 1 rings (SSSR count). The van der Waals surface area contributed by atoms with Crippen molar-refractivity contribution in [3.8, 4) is 0 Å². The van der Waals surface area contributed by atoms with Crippen molar-refractivity contribution < 1.29 is 13.2 Å². The molecular weight excluding hydrogens is 199 g/mol. The minimum atomic E-state index is -4.13. The summed E-state index contributed by atoms with van der Waals surface area (Å²) < 4.78 is 35.4. The van der Waals surface area contributed by atoms with Gasteiger partial charge in [0.25, 0.3) is 0 Å². The predicted molar refractivity (Wildman–Crippen MR) is 46.8 cm³/mol. The fourth-order valence-corrected chi connectivity index (χ4v) is 1.67. The summed E-state index contributed by atoms with van der Waals surface area (Å²) in [6.45, 7) is 0.781. The van der Waals surface area contributed by atoms with E-state index in [0.29, 0.717) is 0 Å². The lowest BCUT2D eigenvalue weighted by atomic mass is 10.3. The predicted octanol–water partition coefficient (Wildman–Crippen LogP) is 2.96. The molecule has 1 unspecified atom stereocenters. The van der Waals surface area contributed by atoms with E-state index in [4.69, 9.17) is 0 Å². The van der Waals surface area contributed by atoms with Crippen LogP contribution in [0.5, 0.6) is 0 Å². The van der Waals surface area contributed by atoms with Crippen LogP contribution in [-0.4, -0.2) is 12.7 Å². The number of halogens is 3. The summed E-state index contributed by atoms with van der Waals surface area (Å²) in [6, 6.07) is 3.41. The highest BCUT2D eigenvalue weighted by Gasteiger charge is 2.27. The van der Waals surface area contributed by atoms with Crippen LogP contribution in [0.2, 0.25) is 0 Å². The van der Waals surface area contributed by atoms with Crippen molar-refractivity contribution in [1.82, 2.24) is 5.32 Å². The van der Waals surface area contributed by atoms with Crippen molar-refractivity contribution >= 4 is 11.3 Å². The quantitative estimate of drug-likeness (QED) is 0.807. The van der Waals surface area contributed by atoms with Crippen molar-refractivity contribution in [1.29, 1.82) is 0 Å². The Kier molecular flexibility index (Phi) is 3.33. The molecule has 0 spiro atoms. The fourth-order valence-electron chi connectivity index (χ4n) is 0.907. The van der Waals surface area contributed by atoms with E-state index in [0.717, 1.165) is 4.88 Å². The SMILES string of the molecule is CC(NCC(F)(F)F)c1cccs1. The van der Waals surface area contributed by atoms with Crippen LogP contribution in [-0.2, 0) is 0 Å². The second-order valence-electron chi connectivity index (χ2n) is 2.73. The van der Waals surface area contributed by atoms with Gasteiger partial charge in [-0.15, -0.1) is 11.3 Å². The highest BCUT2D eigenvalue weighted by molar-refractivity contribution is 7.10. The first-order chi connectivity index (χ1) is 5.99. The third-order valence-electron chi connectivity index (χ3n) is 1.58. The second kappa shape index (κ2) is 4.11. The normalized spacial score (nSPS) is 14.5. The molecule has 0 bridgehead atoms. The summed E-state index contributed by atoms with van der Waals surface area (Å²) in [5, 5.41) is 4.26. The number of nitrogens with one attached hydrogen (secondary N) is 1. The first-order valence-corrected chi connectivity index (χ1v) is 4.70. The number of hydrogen-bond donors (Lipinski definition) is 1. The molecule has 74 valence electrons. The van der Waals surface area contributed by atoms with Crippen LogP contribution in [0, 0.1) is 0 Å². The van der Waals surface area contributed by atoms with Crippen LogP contribution in [0.4, 0.5) is 13.2 Å². The molecule has 0 fully saturated rings. The van der Waals surface area contributed by atoms with E-state index in [2.05, 4.69) is 5.32 Å². The van der Waals surface area contributed by atoms with Crippen LogP contribution < -0.4 is 5.32 Å². The highest BCUT2D eigenvalue weighted by atomic mass is 32.1. The van der Waals surface area contributed by atoms with Crippen LogP contribution in [0.1, 0.15) is 17.8 Å².